The number of pyridine rings is 1. The van der Waals surface area contributed by atoms with E-state index >= 15 is 0 Å². The minimum atomic E-state index is -0.0672. The molecule has 4 heterocycles. The van der Waals surface area contributed by atoms with E-state index in [0.717, 1.165) is 73.6 Å². The third-order valence-corrected chi connectivity index (χ3v) is 8.38. The molecule has 0 saturated carbocycles. The summed E-state index contributed by atoms with van der Waals surface area (Å²) in [6.45, 7) is 8.08. The van der Waals surface area contributed by atoms with E-state index < -0.39 is 0 Å². The lowest BCUT2D eigenvalue weighted by Crippen LogP contribution is -2.41. The molecule has 1 N–H and O–H groups in total. The van der Waals surface area contributed by atoms with Gasteiger partial charge in [-0.3, -0.25) is 14.6 Å². The summed E-state index contributed by atoms with van der Waals surface area (Å²) < 4.78 is 2.39. The fraction of sp³-hybridized carbons (Fsp3) is 0.500. The molecule has 0 radical (unpaired) electrons. The second-order valence-corrected chi connectivity index (χ2v) is 10.8. The Bertz CT molecular complexity index is 1220. The molecule has 0 spiro atoms. The Labute approximate surface area is 225 Å². The van der Waals surface area contributed by atoms with Crippen LogP contribution in [0.2, 0.25) is 0 Å². The molecule has 0 bridgehead atoms. The fourth-order valence-electron chi connectivity index (χ4n) is 6.08. The molecule has 38 heavy (non-hydrogen) atoms. The number of anilines is 2. The van der Waals surface area contributed by atoms with E-state index in [0.29, 0.717) is 12.6 Å². The highest BCUT2D eigenvalue weighted by atomic mass is 16.2. The molecule has 202 valence electrons. The Morgan fingerprint density at radius 2 is 1.87 bits per heavy atom. The van der Waals surface area contributed by atoms with E-state index in [-0.39, 0.29) is 12.3 Å². The number of rotatable bonds is 9. The quantitative estimate of drug-likeness (QED) is 0.435. The van der Waals surface area contributed by atoms with E-state index in [1.807, 2.05) is 25.3 Å². The maximum absolute atomic E-state index is 11.8. The number of nitrogens with zero attached hydrogens (tertiary/aromatic N) is 5. The van der Waals surface area contributed by atoms with Crippen molar-refractivity contribution >= 4 is 34.6 Å². The number of hydrogen-bond donors (Lipinski definition) is 1. The van der Waals surface area contributed by atoms with Gasteiger partial charge < -0.3 is 24.6 Å². The molecule has 2 saturated heterocycles. The summed E-state index contributed by atoms with van der Waals surface area (Å²) in [5.74, 6) is 0.697. The summed E-state index contributed by atoms with van der Waals surface area (Å²) >= 11 is 0. The summed E-state index contributed by atoms with van der Waals surface area (Å²) in [4.78, 5) is 34.8. The number of carbonyl (C=O) groups excluding carboxylic acids is 2. The summed E-state index contributed by atoms with van der Waals surface area (Å²) in [5.41, 5.74) is 4.34. The minimum Gasteiger partial charge on any atom is -0.370 e. The van der Waals surface area contributed by atoms with Crippen molar-refractivity contribution in [3.63, 3.8) is 0 Å². The van der Waals surface area contributed by atoms with Gasteiger partial charge in [0.25, 0.3) is 0 Å². The third kappa shape index (κ3) is 5.85. The maximum Gasteiger partial charge on any atom is 0.221 e. The molecule has 8 nitrogen and oxygen atoms in total. The second kappa shape index (κ2) is 12.0. The van der Waals surface area contributed by atoms with Gasteiger partial charge in [0, 0.05) is 76.1 Å². The summed E-state index contributed by atoms with van der Waals surface area (Å²) in [6, 6.07) is 13.0. The van der Waals surface area contributed by atoms with Gasteiger partial charge in [0.15, 0.2) is 0 Å². The summed E-state index contributed by atoms with van der Waals surface area (Å²) in [7, 11) is 1.62. The predicted octanol–water partition coefficient (Wildman–Crippen LogP) is 4.00. The topological polar surface area (TPSA) is 73.7 Å². The van der Waals surface area contributed by atoms with Crippen molar-refractivity contribution in [2.45, 2.75) is 45.1 Å². The van der Waals surface area contributed by atoms with Crippen molar-refractivity contribution in [1.82, 2.24) is 19.8 Å². The first-order valence-electron chi connectivity index (χ1n) is 14.0. The number of hydrogen-bond acceptors (Lipinski definition) is 5. The van der Waals surface area contributed by atoms with Crippen LogP contribution in [0.5, 0.6) is 0 Å². The maximum atomic E-state index is 11.8. The van der Waals surface area contributed by atoms with Gasteiger partial charge in [-0.15, -0.1) is 0 Å². The molecular formula is C30H40N6O2. The van der Waals surface area contributed by atoms with E-state index in [1.165, 1.54) is 25.1 Å². The van der Waals surface area contributed by atoms with Crippen LogP contribution in [0.1, 0.15) is 43.8 Å². The van der Waals surface area contributed by atoms with Crippen LogP contribution in [0.15, 0.2) is 48.8 Å². The van der Waals surface area contributed by atoms with Gasteiger partial charge in [-0.05, 0) is 68.9 Å². The van der Waals surface area contributed by atoms with Crippen LogP contribution in [0.3, 0.4) is 0 Å². The van der Waals surface area contributed by atoms with Gasteiger partial charge in [-0.1, -0.05) is 6.07 Å². The molecule has 2 amide bonds. The number of likely N-dealkylation sites (tertiary alicyclic amines) is 1. The number of fused-ring (bicyclic) bond motifs is 1. The van der Waals surface area contributed by atoms with Crippen LogP contribution >= 0.6 is 0 Å². The van der Waals surface area contributed by atoms with Crippen LogP contribution in [0.25, 0.3) is 10.9 Å². The first kappa shape index (κ1) is 26.2. The van der Waals surface area contributed by atoms with Crippen molar-refractivity contribution in [2.24, 2.45) is 5.92 Å². The van der Waals surface area contributed by atoms with Gasteiger partial charge in [-0.2, -0.15) is 0 Å². The van der Waals surface area contributed by atoms with Gasteiger partial charge in [-0.25, -0.2) is 0 Å². The first-order chi connectivity index (χ1) is 18.6. The third-order valence-electron chi connectivity index (χ3n) is 8.38. The average Bonchev–Trinajstić information content (AvgIpc) is 3.39. The van der Waals surface area contributed by atoms with Gasteiger partial charge >= 0.3 is 0 Å². The van der Waals surface area contributed by atoms with Gasteiger partial charge in [0.2, 0.25) is 12.3 Å². The van der Waals surface area contributed by atoms with Crippen molar-refractivity contribution in [3.8, 4) is 0 Å². The number of nitrogens with one attached hydrogen (secondary N) is 1. The Hall–Kier alpha value is -3.39. The highest BCUT2D eigenvalue weighted by Gasteiger charge is 2.26. The lowest BCUT2D eigenvalue weighted by molar-refractivity contribution is -0.120. The second-order valence-electron chi connectivity index (χ2n) is 10.8. The van der Waals surface area contributed by atoms with Crippen molar-refractivity contribution < 1.29 is 9.59 Å². The Kier molecular flexibility index (Phi) is 8.27. The van der Waals surface area contributed by atoms with Crippen LogP contribution in [-0.4, -0.2) is 73.1 Å². The van der Waals surface area contributed by atoms with Crippen molar-refractivity contribution in [2.75, 3.05) is 56.1 Å². The zero-order valence-electron chi connectivity index (χ0n) is 22.7. The smallest absolute Gasteiger partial charge is 0.221 e. The molecule has 3 aromatic rings. The average molecular weight is 517 g/mol. The number of aryl methyl sites for hydroxylation is 1. The summed E-state index contributed by atoms with van der Waals surface area (Å²) in [5, 5.41) is 3.69. The number of piperidine rings is 2. The molecular weight excluding hydrogens is 476 g/mol. The standard InChI is InChI=1S/C30H40N6O2/c1-23-6-7-26(20-32-23)34-16-8-24(9-17-34)21-33-14-10-25(11-15-33)36-19-12-27-28(4-3-5-29(27)36)35(22-37)18-13-30(38)31-2/h3-7,12,19-20,22,24-25H,8-11,13-18,21H2,1-2H3,(H,31,38). The number of carbonyl (C=O) groups is 2. The van der Waals surface area contributed by atoms with Gasteiger partial charge in [0.1, 0.15) is 0 Å². The molecule has 0 atom stereocenters. The normalized spacial score (nSPS) is 17.6. The summed E-state index contributed by atoms with van der Waals surface area (Å²) in [6.07, 6.45) is 10.0. The molecule has 5 rings (SSSR count). The molecule has 2 aliphatic heterocycles. The van der Waals surface area contributed by atoms with Crippen LogP contribution in [0.4, 0.5) is 11.4 Å². The Balaban J connectivity index is 1.15. The number of amides is 2. The van der Waals surface area contributed by atoms with Crippen molar-refractivity contribution in [3.05, 3.63) is 54.5 Å². The monoisotopic (exact) mass is 516 g/mol. The lowest BCUT2D eigenvalue weighted by Gasteiger charge is -2.38. The van der Waals surface area contributed by atoms with Crippen LogP contribution in [0, 0.1) is 12.8 Å². The first-order valence-corrected chi connectivity index (χ1v) is 14.0. The molecule has 2 fully saturated rings. The zero-order chi connectivity index (χ0) is 26.5. The number of aromatic nitrogens is 2. The Morgan fingerprint density at radius 1 is 1.08 bits per heavy atom. The highest BCUT2D eigenvalue weighted by molar-refractivity contribution is 5.97. The van der Waals surface area contributed by atoms with Crippen molar-refractivity contribution in [1.29, 1.82) is 0 Å². The lowest BCUT2D eigenvalue weighted by atomic mass is 9.94. The van der Waals surface area contributed by atoms with E-state index in [1.54, 1.807) is 11.9 Å². The largest absolute Gasteiger partial charge is 0.370 e. The number of benzene rings is 1. The Morgan fingerprint density at radius 3 is 2.55 bits per heavy atom. The molecule has 0 unspecified atom stereocenters. The minimum absolute atomic E-state index is 0.0672. The molecule has 8 heteroatoms. The fourth-order valence-corrected chi connectivity index (χ4v) is 6.08. The highest BCUT2D eigenvalue weighted by Crippen LogP contribution is 2.33. The molecule has 2 aliphatic rings. The van der Waals surface area contributed by atoms with Crippen LogP contribution < -0.4 is 15.1 Å². The predicted molar refractivity (Wildman–Crippen MR) is 153 cm³/mol. The van der Waals surface area contributed by atoms with Gasteiger partial charge in [0.05, 0.1) is 23.1 Å². The van der Waals surface area contributed by atoms with Crippen LogP contribution in [-0.2, 0) is 9.59 Å². The van der Waals surface area contributed by atoms with E-state index in [2.05, 4.69) is 55.1 Å². The van der Waals surface area contributed by atoms with E-state index in [9.17, 15) is 9.59 Å². The molecule has 0 aliphatic carbocycles. The molecule has 1 aromatic carbocycles. The SMILES string of the molecule is CNC(=O)CCN(C=O)c1cccc2c1ccn2C1CCN(CC2CCN(c3ccc(C)nc3)CC2)CC1. The molecule has 2 aromatic heterocycles. The van der Waals surface area contributed by atoms with E-state index in [4.69, 9.17) is 0 Å². The zero-order valence-corrected chi connectivity index (χ0v) is 22.7.